The fourth-order valence-electron chi connectivity index (χ4n) is 2.52. The van der Waals surface area contributed by atoms with Gasteiger partial charge in [-0.25, -0.2) is 9.97 Å². The topological polar surface area (TPSA) is 47.0 Å². The molecule has 0 fully saturated rings. The maximum atomic E-state index is 5.41. The molecule has 0 bridgehead atoms. The van der Waals surface area contributed by atoms with Crippen LogP contribution in [0.2, 0.25) is 0 Å². The van der Waals surface area contributed by atoms with Crippen LogP contribution in [-0.4, -0.2) is 17.1 Å². The number of aromatic nitrogens is 2. The minimum absolute atomic E-state index is 0.284. The largest absolute Gasteiger partial charge is 0.496 e. The highest BCUT2D eigenvalue weighted by Crippen LogP contribution is 2.24. The first kappa shape index (κ1) is 15.3. The zero-order chi connectivity index (χ0) is 16.2. The van der Waals surface area contributed by atoms with Crippen LogP contribution in [-0.2, 0) is 6.54 Å². The number of rotatable bonds is 5. The summed E-state index contributed by atoms with van der Waals surface area (Å²) in [6.45, 7) is 4.87. The molecule has 4 nitrogen and oxygen atoms in total. The summed E-state index contributed by atoms with van der Waals surface area (Å²) in [7, 11) is 1.69. The van der Waals surface area contributed by atoms with Crippen molar-refractivity contribution in [3.8, 4) is 5.75 Å². The van der Waals surface area contributed by atoms with Crippen molar-refractivity contribution in [1.82, 2.24) is 9.97 Å². The van der Waals surface area contributed by atoms with E-state index in [1.165, 1.54) is 0 Å². The Morgan fingerprint density at radius 1 is 1.00 bits per heavy atom. The van der Waals surface area contributed by atoms with Crippen LogP contribution in [0.5, 0.6) is 5.75 Å². The SMILES string of the molecule is COc1ccccc1CNc1nc(C(C)C)nc2ccccc12. The van der Waals surface area contributed by atoms with E-state index in [1.807, 2.05) is 42.5 Å². The molecule has 0 spiro atoms. The summed E-state index contributed by atoms with van der Waals surface area (Å²) in [5.41, 5.74) is 2.07. The van der Waals surface area contributed by atoms with Crippen LogP contribution < -0.4 is 10.1 Å². The maximum absolute atomic E-state index is 5.41. The number of anilines is 1. The molecule has 1 N–H and O–H groups in total. The zero-order valence-electron chi connectivity index (χ0n) is 13.7. The first-order valence-electron chi connectivity index (χ1n) is 7.81. The quantitative estimate of drug-likeness (QED) is 0.760. The highest BCUT2D eigenvalue weighted by Gasteiger charge is 2.10. The zero-order valence-corrected chi connectivity index (χ0v) is 13.7. The molecule has 0 radical (unpaired) electrons. The summed E-state index contributed by atoms with van der Waals surface area (Å²) in [6, 6.07) is 16.1. The van der Waals surface area contributed by atoms with Gasteiger partial charge < -0.3 is 10.1 Å². The van der Waals surface area contributed by atoms with Gasteiger partial charge >= 0.3 is 0 Å². The van der Waals surface area contributed by atoms with Gasteiger partial charge in [0.1, 0.15) is 17.4 Å². The van der Waals surface area contributed by atoms with E-state index < -0.39 is 0 Å². The number of nitrogens with zero attached hydrogens (tertiary/aromatic N) is 2. The van der Waals surface area contributed by atoms with Crippen LogP contribution >= 0.6 is 0 Å². The summed E-state index contributed by atoms with van der Waals surface area (Å²) in [5.74, 6) is 2.88. The van der Waals surface area contributed by atoms with Gasteiger partial charge in [0, 0.05) is 23.4 Å². The molecular weight excluding hydrogens is 286 g/mol. The Morgan fingerprint density at radius 3 is 2.52 bits per heavy atom. The molecule has 0 atom stereocenters. The molecule has 3 aromatic rings. The van der Waals surface area contributed by atoms with E-state index in [1.54, 1.807) is 7.11 Å². The third-order valence-corrected chi connectivity index (χ3v) is 3.78. The van der Waals surface area contributed by atoms with E-state index in [0.29, 0.717) is 6.54 Å². The fourth-order valence-corrected chi connectivity index (χ4v) is 2.52. The lowest BCUT2D eigenvalue weighted by Crippen LogP contribution is -2.07. The van der Waals surface area contributed by atoms with E-state index in [9.17, 15) is 0 Å². The molecule has 1 aromatic heterocycles. The Kier molecular flexibility index (Phi) is 4.42. The van der Waals surface area contributed by atoms with Crippen molar-refractivity contribution in [2.24, 2.45) is 0 Å². The molecule has 0 saturated heterocycles. The molecular formula is C19H21N3O. The Morgan fingerprint density at radius 2 is 1.74 bits per heavy atom. The number of nitrogens with one attached hydrogen (secondary N) is 1. The molecule has 3 rings (SSSR count). The van der Waals surface area contributed by atoms with Crippen molar-refractivity contribution in [2.75, 3.05) is 12.4 Å². The van der Waals surface area contributed by atoms with Crippen molar-refractivity contribution >= 4 is 16.7 Å². The Hall–Kier alpha value is -2.62. The molecule has 0 unspecified atom stereocenters. The number of hydrogen-bond acceptors (Lipinski definition) is 4. The van der Waals surface area contributed by atoms with E-state index in [2.05, 4.69) is 30.2 Å². The average molecular weight is 307 g/mol. The molecule has 0 amide bonds. The molecule has 0 aliphatic rings. The second-order valence-electron chi connectivity index (χ2n) is 5.77. The van der Waals surface area contributed by atoms with Crippen LogP contribution in [0.3, 0.4) is 0 Å². The molecule has 0 saturated carbocycles. The third-order valence-electron chi connectivity index (χ3n) is 3.78. The van der Waals surface area contributed by atoms with Crippen LogP contribution in [0.1, 0.15) is 31.2 Å². The first-order chi connectivity index (χ1) is 11.2. The van der Waals surface area contributed by atoms with E-state index >= 15 is 0 Å². The van der Waals surface area contributed by atoms with Gasteiger partial charge in [-0.1, -0.05) is 44.2 Å². The lowest BCUT2D eigenvalue weighted by molar-refractivity contribution is 0.410. The Bertz CT molecular complexity index is 815. The predicted octanol–water partition coefficient (Wildman–Crippen LogP) is 4.37. The molecule has 118 valence electrons. The number of fused-ring (bicyclic) bond motifs is 1. The predicted molar refractivity (Wildman–Crippen MR) is 93.9 cm³/mol. The summed E-state index contributed by atoms with van der Waals surface area (Å²) < 4.78 is 5.41. The minimum atomic E-state index is 0.284. The van der Waals surface area contributed by atoms with Crippen molar-refractivity contribution in [1.29, 1.82) is 0 Å². The van der Waals surface area contributed by atoms with Crippen LogP contribution in [0.4, 0.5) is 5.82 Å². The average Bonchev–Trinajstić information content (AvgIpc) is 2.59. The first-order valence-corrected chi connectivity index (χ1v) is 7.81. The van der Waals surface area contributed by atoms with Gasteiger partial charge in [-0.3, -0.25) is 0 Å². The number of hydrogen-bond donors (Lipinski definition) is 1. The Labute approximate surface area is 136 Å². The standard InChI is InChI=1S/C19H21N3O/c1-13(2)18-21-16-10-6-5-9-15(16)19(22-18)20-12-14-8-4-7-11-17(14)23-3/h4-11,13H,12H2,1-3H3,(H,20,21,22). The second kappa shape index (κ2) is 6.65. The van der Waals surface area contributed by atoms with Gasteiger partial charge in [0.15, 0.2) is 0 Å². The summed E-state index contributed by atoms with van der Waals surface area (Å²) in [6.07, 6.45) is 0. The van der Waals surface area contributed by atoms with Crippen LogP contribution in [0.25, 0.3) is 10.9 Å². The third kappa shape index (κ3) is 3.26. The normalized spacial score (nSPS) is 11.0. The van der Waals surface area contributed by atoms with Crippen molar-refractivity contribution in [3.05, 3.63) is 59.9 Å². The van der Waals surface area contributed by atoms with Crippen molar-refractivity contribution in [3.63, 3.8) is 0 Å². The van der Waals surface area contributed by atoms with Crippen LogP contribution in [0, 0.1) is 0 Å². The lowest BCUT2D eigenvalue weighted by atomic mass is 10.1. The summed E-state index contributed by atoms with van der Waals surface area (Å²) in [5, 5.41) is 4.48. The van der Waals surface area contributed by atoms with Gasteiger partial charge in [-0.2, -0.15) is 0 Å². The number of benzene rings is 2. The number of methoxy groups -OCH3 is 1. The highest BCUT2D eigenvalue weighted by molar-refractivity contribution is 5.89. The lowest BCUT2D eigenvalue weighted by Gasteiger charge is -2.13. The van der Waals surface area contributed by atoms with Gasteiger partial charge in [0.05, 0.1) is 12.6 Å². The van der Waals surface area contributed by atoms with Crippen LogP contribution in [0.15, 0.2) is 48.5 Å². The minimum Gasteiger partial charge on any atom is -0.496 e. The van der Waals surface area contributed by atoms with Gasteiger partial charge in [-0.15, -0.1) is 0 Å². The van der Waals surface area contributed by atoms with E-state index in [4.69, 9.17) is 9.72 Å². The Balaban J connectivity index is 1.95. The summed E-state index contributed by atoms with van der Waals surface area (Å²) >= 11 is 0. The second-order valence-corrected chi connectivity index (χ2v) is 5.77. The number of ether oxygens (including phenoxy) is 1. The van der Waals surface area contributed by atoms with E-state index in [-0.39, 0.29) is 5.92 Å². The monoisotopic (exact) mass is 307 g/mol. The van der Waals surface area contributed by atoms with Crippen molar-refractivity contribution < 1.29 is 4.74 Å². The molecule has 2 aromatic carbocycles. The molecule has 23 heavy (non-hydrogen) atoms. The molecule has 4 heteroatoms. The summed E-state index contributed by atoms with van der Waals surface area (Å²) in [4.78, 5) is 9.36. The molecule has 1 heterocycles. The maximum Gasteiger partial charge on any atom is 0.137 e. The van der Waals surface area contributed by atoms with Crippen molar-refractivity contribution in [2.45, 2.75) is 26.3 Å². The highest BCUT2D eigenvalue weighted by atomic mass is 16.5. The fraction of sp³-hybridized carbons (Fsp3) is 0.263. The molecule has 0 aliphatic heterocycles. The molecule has 0 aliphatic carbocycles. The van der Waals surface area contributed by atoms with Gasteiger partial charge in [-0.05, 0) is 18.2 Å². The number of para-hydroxylation sites is 2. The smallest absolute Gasteiger partial charge is 0.137 e. The van der Waals surface area contributed by atoms with E-state index in [0.717, 1.165) is 33.9 Å². The van der Waals surface area contributed by atoms with Gasteiger partial charge in [0.25, 0.3) is 0 Å². The van der Waals surface area contributed by atoms with Gasteiger partial charge in [0.2, 0.25) is 0 Å².